The highest BCUT2D eigenvalue weighted by atomic mass is 32.2. The smallest absolute Gasteiger partial charge is 0.294 e. The fourth-order valence-corrected chi connectivity index (χ4v) is 5.23. The molecule has 4 nitrogen and oxygen atoms in total. The molecule has 0 saturated carbocycles. The van der Waals surface area contributed by atoms with Gasteiger partial charge in [-0.3, -0.25) is 4.55 Å². The van der Waals surface area contributed by atoms with E-state index in [2.05, 4.69) is 36.5 Å². The fourth-order valence-electron chi connectivity index (χ4n) is 3.47. The molecular formula is C22H27NO3S2. The molecule has 0 bridgehead atoms. The minimum atomic E-state index is -4.02. The fraction of sp³-hybridized carbons (Fsp3) is 0.364. The van der Waals surface area contributed by atoms with E-state index in [1.807, 2.05) is 18.3 Å². The van der Waals surface area contributed by atoms with E-state index in [9.17, 15) is 8.42 Å². The summed E-state index contributed by atoms with van der Waals surface area (Å²) in [5.41, 5.74) is 2.45. The van der Waals surface area contributed by atoms with E-state index in [1.165, 1.54) is 53.7 Å². The van der Waals surface area contributed by atoms with Crippen molar-refractivity contribution < 1.29 is 13.0 Å². The Bertz CT molecular complexity index is 1020. The zero-order chi connectivity index (χ0) is 20.1. The predicted molar refractivity (Wildman–Crippen MR) is 117 cm³/mol. The lowest BCUT2D eigenvalue weighted by molar-refractivity contribution is 0.465. The first-order valence-electron chi connectivity index (χ1n) is 9.64. The van der Waals surface area contributed by atoms with Gasteiger partial charge in [-0.25, -0.2) is 0 Å². The molecule has 4 rings (SSSR count). The van der Waals surface area contributed by atoms with Crippen LogP contribution in [0.15, 0.2) is 53.4 Å². The van der Waals surface area contributed by atoms with E-state index in [-0.39, 0.29) is 4.90 Å². The topological polar surface area (TPSA) is 66.4 Å². The minimum absolute atomic E-state index is 0.0666. The average Bonchev–Trinajstić information content (AvgIpc) is 3.13. The molecule has 0 spiro atoms. The number of piperidine rings is 1. The van der Waals surface area contributed by atoms with E-state index in [4.69, 9.17) is 4.55 Å². The van der Waals surface area contributed by atoms with Crippen LogP contribution in [-0.2, 0) is 16.5 Å². The van der Waals surface area contributed by atoms with Crippen molar-refractivity contribution >= 4 is 31.5 Å². The van der Waals surface area contributed by atoms with E-state index < -0.39 is 10.1 Å². The number of nitrogens with one attached hydrogen (secondary N) is 1. The number of fused-ring (bicyclic) bond motifs is 1. The first kappa shape index (κ1) is 21.0. The van der Waals surface area contributed by atoms with Gasteiger partial charge in [0.25, 0.3) is 10.1 Å². The molecule has 1 fully saturated rings. The molecule has 150 valence electrons. The lowest BCUT2D eigenvalue weighted by atomic mass is 9.95. The Morgan fingerprint density at radius 1 is 1.11 bits per heavy atom. The van der Waals surface area contributed by atoms with Crippen molar-refractivity contribution in [3.63, 3.8) is 0 Å². The maximum Gasteiger partial charge on any atom is 0.294 e. The Labute approximate surface area is 171 Å². The number of aryl methyl sites for hydroxylation is 2. The van der Waals surface area contributed by atoms with Gasteiger partial charge in [0.15, 0.2) is 0 Å². The molecule has 1 saturated heterocycles. The normalized spacial score (nSPS) is 15.2. The maximum atomic E-state index is 10.5. The second-order valence-corrected chi connectivity index (χ2v) is 9.68. The molecule has 0 aliphatic carbocycles. The molecule has 2 heterocycles. The van der Waals surface area contributed by atoms with Crippen molar-refractivity contribution in [1.82, 2.24) is 5.32 Å². The Morgan fingerprint density at radius 3 is 2.39 bits per heavy atom. The van der Waals surface area contributed by atoms with Gasteiger partial charge in [-0.15, -0.1) is 11.3 Å². The van der Waals surface area contributed by atoms with Crippen molar-refractivity contribution in [1.29, 1.82) is 0 Å². The molecule has 1 aliphatic heterocycles. The van der Waals surface area contributed by atoms with Gasteiger partial charge in [-0.05, 0) is 80.4 Å². The summed E-state index contributed by atoms with van der Waals surface area (Å²) in [6, 6.07) is 15.2. The summed E-state index contributed by atoms with van der Waals surface area (Å²) in [5.74, 6) is 0.790. The number of rotatable bonds is 3. The van der Waals surface area contributed by atoms with Crippen molar-refractivity contribution in [3.05, 3.63) is 64.5 Å². The van der Waals surface area contributed by atoms with E-state index in [0.717, 1.165) is 17.9 Å². The molecule has 3 aromatic rings. The lowest BCUT2D eigenvalue weighted by Gasteiger charge is -2.21. The standard InChI is InChI=1S/C15H19NS.C7H8O3S/c1-2-11-4-3-5-14-13(11)10-15(17-14)12-6-8-16-9-7-12;1-6-2-4-7(5-3-6)11(8,9)10/h3-5,10,12,16H,2,6-9H2,1H3;2-5H,1H3,(H,8,9,10). The minimum Gasteiger partial charge on any atom is -0.317 e. The van der Waals surface area contributed by atoms with Crippen molar-refractivity contribution in [2.24, 2.45) is 0 Å². The highest BCUT2D eigenvalue weighted by Crippen LogP contribution is 2.36. The van der Waals surface area contributed by atoms with Crippen molar-refractivity contribution in [2.75, 3.05) is 13.1 Å². The zero-order valence-corrected chi connectivity index (χ0v) is 17.9. The molecule has 1 aliphatic rings. The van der Waals surface area contributed by atoms with Gasteiger partial charge >= 0.3 is 0 Å². The second-order valence-electron chi connectivity index (χ2n) is 7.14. The molecule has 0 unspecified atom stereocenters. The summed E-state index contributed by atoms with van der Waals surface area (Å²) in [4.78, 5) is 1.53. The van der Waals surface area contributed by atoms with Crippen LogP contribution >= 0.6 is 11.3 Å². The Balaban J connectivity index is 0.000000178. The van der Waals surface area contributed by atoms with Gasteiger partial charge in [0.2, 0.25) is 0 Å². The maximum absolute atomic E-state index is 10.5. The molecule has 2 aromatic carbocycles. The van der Waals surface area contributed by atoms with Gasteiger partial charge in [0.1, 0.15) is 0 Å². The SMILES string of the molecule is CCc1cccc2sc(C3CCNCC3)cc12.Cc1ccc(S(=O)(=O)O)cc1. The second kappa shape index (κ2) is 9.18. The molecular weight excluding hydrogens is 390 g/mol. The third kappa shape index (κ3) is 5.20. The number of thiophene rings is 1. The van der Waals surface area contributed by atoms with E-state index in [0.29, 0.717) is 0 Å². The first-order valence-corrected chi connectivity index (χ1v) is 11.9. The first-order chi connectivity index (χ1) is 13.4. The Morgan fingerprint density at radius 2 is 1.79 bits per heavy atom. The quantitative estimate of drug-likeness (QED) is 0.577. The third-order valence-electron chi connectivity index (χ3n) is 5.11. The van der Waals surface area contributed by atoms with Gasteiger partial charge in [0, 0.05) is 9.58 Å². The van der Waals surface area contributed by atoms with Crippen LogP contribution < -0.4 is 5.32 Å². The molecule has 6 heteroatoms. The van der Waals surface area contributed by atoms with Crippen LogP contribution in [-0.4, -0.2) is 26.1 Å². The van der Waals surface area contributed by atoms with Crippen LogP contribution in [0.1, 0.15) is 41.7 Å². The highest BCUT2D eigenvalue weighted by Gasteiger charge is 2.17. The summed E-state index contributed by atoms with van der Waals surface area (Å²) in [7, 11) is -4.02. The van der Waals surface area contributed by atoms with Gasteiger partial charge in [0.05, 0.1) is 4.90 Å². The third-order valence-corrected chi connectivity index (χ3v) is 7.24. The molecule has 28 heavy (non-hydrogen) atoms. The van der Waals surface area contributed by atoms with Crippen LogP contribution in [0, 0.1) is 6.92 Å². The summed E-state index contributed by atoms with van der Waals surface area (Å²) >= 11 is 2.01. The largest absolute Gasteiger partial charge is 0.317 e. The summed E-state index contributed by atoms with van der Waals surface area (Å²) in [6.07, 6.45) is 3.74. The number of hydrogen-bond acceptors (Lipinski definition) is 4. The Kier molecular flexibility index (Phi) is 6.88. The Hall–Kier alpha value is -1.73. The van der Waals surface area contributed by atoms with Crippen LogP contribution in [0.5, 0.6) is 0 Å². The highest BCUT2D eigenvalue weighted by molar-refractivity contribution is 7.85. The number of benzene rings is 2. The van der Waals surface area contributed by atoms with Crippen LogP contribution in [0.3, 0.4) is 0 Å². The predicted octanol–water partition coefficient (Wildman–Crippen LogP) is 5.17. The summed E-state index contributed by atoms with van der Waals surface area (Å²) in [5, 5.41) is 4.94. The summed E-state index contributed by atoms with van der Waals surface area (Å²) < 4.78 is 31.0. The van der Waals surface area contributed by atoms with Crippen molar-refractivity contribution in [2.45, 2.75) is 43.9 Å². The monoisotopic (exact) mass is 417 g/mol. The number of hydrogen-bond donors (Lipinski definition) is 2. The molecule has 0 amide bonds. The summed E-state index contributed by atoms with van der Waals surface area (Å²) in [6.45, 7) is 6.45. The van der Waals surface area contributed by atoms with Gasteiger partial charge in [-0.1, -0.05) is 36.8 Å². The van der Waals surface area contributed by atoms with E-state index >= 15 is 0 Å². The van der Waals surface area contributed by atoms with Crippen LogP contribution in [0.25, 0.3) is 10.1 Å². The molecule has 0 atom stereocenters. The molecule has 2 N–H and O–H groups in total. The lowest BCUT2D eigenvalue weighted by Crippen LogP contribution is -2.26. The molecule has 0 radical (unpaired) electrons. The average molecular weight is 418 g/mol. The van der Waals surface area contributed by atoms with Crippen molar-refractivity contribution in [3.8, 4) is 0 Å². The molecule has 1 aromatic heterocycles. The van der Waals surface area contributed by atoms with Crippen LogP contribution in [0.2, 0.25) is 0 Å². The van der Waals surface area contributed by atoms with E-state index in [1.54, 1.807) is 17.0 Å². The zero-order valence-electron chi connectivity index (χ0n) is 16.3. The van der Waals surface area contributed by atoms with Gasteiger partial charge < -0.3 is 5.32 Å². The van der Waals surface area contributed by atoms with Gasteiger partial charge in [-0.2, -0.15) is 8.42 Å². The van der Waals surface area contributed by atoms with Crippen LogP contribution in [0.4, 0.5) is 0 Å².